The monoisotopic (exact) mass is 129 g/mol. The quantitative estimate of drug-likeness (QED) is 0.529. The minimum atomic E-state index is -0.576. The van der Waals surface area contributed by atoms with Gasteiger partial charge in [-0.15, -0.1) is 0 Å². The fourth-order valence-electron chi connectivity index (χ4n) is 0.380. The Balaban J connectivity index is 3.60. The minimum absolute atomic E-state index is 0.199. The predicted molar refractivity (Wildman–Crippen MR) is 35.8 cm³/mol. The third kappa shape index (κ3) is 5.34. The van der Waals surface area contributed by atoms with Gasteiger partial charge in [0.1, 0.15) is 5.60 Å². The number of hydrogen-bond donors (Lipinski definition) is 0. The summed E-state index contributed by atoms with van der Waals surface area (Å²) in [7, 11) is 0. The van der Waals surface area contributed by atoms with E-state index >= 15 is 0 Å². The van der Waals surface area contributed by atoms with Crippen LogP contribution >= 0.6 is 0 Å². The van der Waals surface area contributed by atoms with Crippen molar-refractivity contribution < 1.29 is 9.53 Å². The fourth-order valence-corrected chi connectivity index (χ4v) is 0.380. The van der Waals surface area contributed by atoms with E-state index in [-0.39, 0.29) is 5.97 Å². The summed E-state index contributed by atoms with van der Waals surface area (Å²) in [6.45, 7) is 8.87. The van der Waals surface area contributed by atoms with Crippen LogP contribution < -0.4 is 0 Å². The SMILES string of the molecule is [CH2]C(C)(C)OC(=O)CC. The molecule has 0 rings (SSSR count). The van der Waals surface area contributed by atoms with Crippen molar-refractivity contribution in [2.45, 2.75) is 32.8 Å². The average Bonchev–Trinajstić information content (AvgIpc) is 1.62. The van der Waals surface area contributed by atoms with E-state index in [1.807, 2.05) is 0 Å². The lowest BCUT2D eigenvalue weighted by Crippen LogP contribution is -2.23. The van der Waals surface area contributed by atoms with Crippen LogP contribution in [0.4, 0.5) is 0 Å². The number of hydrogen-bond acceptors (Lipinski definition) is 2. The normalized spacial score (nSPS) is 11.1. The molecule has 0 aliphatic rings. The first-order valence-corrected chi connectivity index (χ1v) is 3.03. The van der Waals surface area contributed by atoms with Gasteiger partial charge in [0.2, 0.25) is 0 Å². The molecule has 0 unspecified atom stereocenters. The molecule has 0 aliphatic carbocycles. The molecule has 0 amide bonds. The summed E-state index contributed by atoms with van der Waals surface area (Å²) >= 11 is 0. The second-order valence-corrected chi connectivity index (χ2v) is 2.59. The zero-order valence-corrected chi connectivity index (χ0v) is 6.23. The molecule has 9 heavy (non-hydrogen) atoms. The van der Waals surface area contributed by atoms with E-state index < -0.39 is 5.60 Å². The highest BCUT2D eigenvalue weighted by molar-refractivity contribution is 5.69. The lowest BCUT2D eigenvalue weighted by Gasteiger charge is -2.18. The van der Waals surface area contributed by atoms with E-state index in [0.717, 1.165) is 0 Å². The Labute approximate surface area is 56.2 Å². The molecule has 2 heteroatoms. The van der Waals surface area contributed by atoms with Gasteiger partial charge in [0, 0.05) is 6.42 Å². The number of esters is 1. The second-order valence-electron chi connectivity index (χ2n) is 2.59. The Bertz CT molecular complexity index is 100.0. The molecule has 0 aromatic carbocycles. The largest absolute Gasteiger partial charge is 0.460 e. The van der Waals surface area contributed by atoms with Crippen molar-refractivity contribution in [2.24, 2.45) is 0 Å². The van der Waals surface area contributed by atoms with E-state index in [9.17, 15) is 4.79 Å². The topological polar surface area (TPSA) is 26.3 Å². The molecule has 0 heterocycles. The molecule has 0 aromatic rings. The highest BCUT2D eigenvalue weighted by atomic mass is 16.6. The van der Waals surface area contributed by atoms with Gasteiger partial charge in [-0.3, -0.25) is 4.79 Å². The first kappa shape index (κ1) is 8.47. The zero-order chi connectivity index (χ0) is 7.49. The number of carbonyl (C=O) groups excluding carboxylic acids is 1. The number of rotatable bonds is 2. The molecule has 1 radical (unpaired) electrons. The molecule has 53 valence electrons. The van der Waals surface area contributed by atoms with Crippen LogP contribution in [-0.2, 0) is 9.53 Å². The van der Waals surface area contributed by atoms with Crippen LogP contribution in [0.2, 0.25) is 0 Å². The molecule has 0 saturated heterocycles. The maximum Gasteiger partial charge on any atom is 0.306 e. The smallest absolute Gasteiger partial charge is 0.306 e. The average molecular weight is 129 g/mol. The highest BCUT2D eigenvalue weighted by Crippen LogP contribution is 2.06. The highest BCUT2D eigenvalue weighted by Gasteiger charge is 2.13. The number of carbonyl (C=O) groups is 1. The first-order chi connectivity index (χ1) is 3.95. The van der Waals surface area contributed by atoms with Crippen LogP contribution in [-0.4, -0.2) is 11.6 Å². The molecule has 0 aromatic heterocycles. The lowest BCUT2D eigenvalue weighted by molar-refractivity contribution is -0.152. The molecular weight excluding hydrogens is 116 g/mol. The maximum atomic E-state index is 10.6. The van der Waals surface area contributed by atoms with Gasteiger partial charge in [-0.2, -0.15) is 0 Å². The maximum absolute atomic E-state index is 10.6. The van der Waals surface area contributed by atoms with Gasteiger partial charge in [0.05, 0.1) is 0 Å². The van der Waals surface area contributed by atoms with Crippen LogP contribution in [0.1, 0.15) is 27.2 Å². The summed E-state index contributed by atoms with van der Waals surface area (Å²) in [6, 6.07) is 0. The molecule has 2 nitrogen and oxygen atoms in total. The molecule has 0 saturated carbocycles. The van der Waals surface area contributed by atoms with Crippen molar-refractivity contribution >= 4 is 5.97 Å². The van der Waals surface area contributed by atoms with Gasteiger partial charge in [-0.25, -0.2) is 0 Å². The van der Waals surface area contributed by atoms with Gasteiger partial charge in [-0.05, 0) is 20.8 Å². The van der Waals surface area contributed by atoms with Crippen LogP contribution in [0.3, 0.4) is 0 Å². The Morgan fingerprint density at radius 3 is 2.22 bits per heavy atom. The van der Waals surface area contributed by atoms with Crippen molar-refractivity contribution in [2.75, 3.05) is 0 Å². The van der Waals surface area contributed by atoms with Gasteiger partial charge < -0.3 is 4.74 Å². The van der Waals surface area contributed by atoms with Gasteiger partial charge in [0.15, 0.2) is 0 Å². The Hall–Kier alpha value is -0.530. The molecule has 0 fully saturated rings. The summed E-state index contributed by atoms with van der Waals surface area (Å²) in [4.78, 5) is 10.6. The Morgan fingerprint density at radius 2 is 2.11 bits per heavy atom. The molecule has 0 N–H and O–H groups in total. The summed E-state index contributed by atoms with van der Waals surface area (Å²) in [5, 5.41) is 0. The van der Waals surface area contributed by atoms with Crippen molar-refractivity contribution in [3.05, 3.63) is 6.92 Å². The molecule has 0 spiro atoms. The van der Waals surface area contributed by atoms with E-state index in [1.54, 1.807) is 20.8 Å². The standard InChI is InChI=1S/C7H13O2/c1-5-6(8)9-7(2,3)4/h2,5H2,1,3-4H3. The van der Waals surface area contributed by atoms with Crippen molar-refractivity contribution in [1.82, 2.24) is 0 Å². The summed E-state index contributed by atoms with van der Waals surface area (Å²) in [6.07, 6.45) is 0.416. The zero-order valence-electron chi connectivity index (χ0n) is 6.23. The van der Waals surface area contributed by atoms with E-state index in [4.69, 9.17) is 4.74 Å². The minimum Gasteiger partial charge on any atom is -0.460 e. The van der Waals surface area contributed by atoms with Crippen molar-refractivity contribution in [1.29, 1.82) is 0 Å². The van der Waals surface area contributed by atoms with Crippen LogP contribution in [0, 0.1) is 6.92 Å². The fraction of sp³-hybridized carbons (Fsp3) is 0.714. The van der Waals surface area contributed by atoms with Crippen molar-refractivity contribution in [3.63, 3.8) is 0 Å². The van der Waals surface area contributed by atoms with Crippen molar-refractivity contribution in [3.8, 4) is 0 Å². The third-order valence-electron chi connectivity index (χ3n) is 0.679. The van der Waals surface area contributed by atoms with E-state index in [2.05, 4.69) is 6.92 Å². The van der Waals surface area contributed by atoms with Gasteiger partial charge in [-0.1, -0.05) is 6.92 Å². The second kappa shape index (κ2) is 2.85. The Morgan fingerprint density at radius 1 is 1.67 bits per heavy atom. The summed E-state index contributed by atoms with van der Waals surface area (Å²) < 4.78 is 4.84. The van der Waals surface area contributed by atoms with Gasteiger partial charge >= 0.3 is 5.97 Å². The number of ether oxygens (including phenoxy) is 1. The Kier molecular flexibility index (Phi) is 2.68. The molecule has 0 aliphatic heterocycles. The molecule has 0 atom stereocenters. The molecule has 0 bridgehead atoms. The van der Waals surface area contributed by atoms with Crippen LogP contribution in [0.5, 0.6) is 0 Å². The predicted octanol–water partition coefficient (Wildman–Crippen LogP) is 1.55. The molecular formula is C7H13O2. The first-order valence-electron chi connectivity index (χ1n) is 3.03. The summed E-state index contributed by atoms with van der Waals surface area (Å²) in [5.74, 6) is -0.199. The van der Waals surface area contributed by atoms with E-state index in [0.29, 0.717) is 6.42 Å². The summed E-state index contributed by atoms with van der Waals surface area (Å²) in [5.41, 5.74) is -0.576. The van der Waals surface area contributed by atoms with Crippen LogP contribution in [0.25, 0.3) is 0 Å². The lowest BCUT2D eigenvalue weighted by atomic mass is 10.2. The van der Waals surface area contributed by atoms with Gasteiger partial charge in [0.25, 0.3) is 0 Å². The van der Waals surface area contributed by atoms with E-state index in [1.165, 1.54) is 0 Å². The van der Waals surface area contributed by atoms with Crippen LogP contribution in [0.15, 0.2) is 0 Å². The third-order valence-corrected chi connectivity index (χ3v) is 0.679.